The van der Waals surface area contributed by atoms with Gasteiger partial charge in [0.2, 0.25) is 0 Å². The summed E-state index contributed by atoms with van der Waals surface area (Å²) in [5, 5.41) is 3.45. The molecule has 0 aliphatic carbocycles. The van der Waals surface area contributed by atoms with E-state index in [0.29, 0.717) is 0 Å². The first-order chi connectivity index (χ1) is 12.5. The Kier molecular flexibility index (Phi) is 4.16. The fourth-order valence-corrected chi connectivity index (χ4v) is 4.17. The van der Waals surface area contributed by atoms with Crippen LogP contribution in [0.2, 0.25) is 0 Å². The lowest BCUT2D eigenvalue weighted by Gasteiger charge is -2.43. The quantitative estimate of drug-likeness (QED) is 0.837. The van der Waals surface area contributed by atoms with Gasteiger partial charge in [-0.25, -0.2) is 4.79 Å². The molecule has 3 fully saturated rings. The van der Waals surface area contributed by atoms with Crippen LogP contribution in [0.25, 0.3) is 0 Å². The third-order valence-corrected chi connectivity index (χ3v) is 5.34. The molecule has 26 heavy (non-hydrogen) atoms. The molecule has 8 nitrogen and oxygen atoms in total. The maximum Gasteiger partial charge on any atom is 0.328 e. The van der Waals surface area contributed by atoms with E-state index in [-0.39, 0.29) is 24.5 Å². The van der Waals surface area contributed by atoms with E-state index in [1.165, 1.54) is 11.8 Å². The summed E-state index contributed by atoms with van der Waals surface area (Å²) in [4.78, 5) is 44.1. The number of nitrogens with zero attached hydrogens (tertiary/aromatic N) is 4. The van der Waals surface area contributed by atoms with Crippen molar-refractivity contribution in [1.29, 1.82) is 0 Å². The Morgan fingerprint density at radius 2 is 1.92 bits per heavy atom. The van der Waals surface area contributed by atoms with Gasteiger partial charge in [0.25, 0.3) is 5.91 Å². The SMILES string of the molecule is CC(=O)CN1C(=O)C2C(NC3N(c4ccccc4)CCCN23)N(C)C1=O. The molecule has 3 atom stereocenters. The van der Waals surface area contributed by atoms with Gasteiger partial charge in [-0.3, -0.25) is 24.7 Å². The van der Waals surface area contributed by atoms with Crippen LogP contribution in [-0.2, 0) is 9.59 Å². The number of rotatable bonds is 3. The number of nitrogens with one attached hydrogen (secondary N) is 1. The van der Waals surface area contributed by atoms with E-state index in [9.17, 15) is 14.4 Å². The first-order valence-electron chi connectivity index (χ1n) is 8.90. The van der Waals surface area contributed by atoms with Crippen molar-refractivity contribution in [3.63, 3.8) is 0 Å². The Morgan fingerprint density at radius 3 is 2.62 bits per heavy atom. The molecular weight excluding hydrogens is 334 g/mol. The zero-order chi connectivity index (χ0) is 18.4. The summed E-state index contributed by atoms with van der Waals surface area (Å²) in [6, 6.07) is 9.15. The Hall–Kier alpha value is -2.45. The Labute approximate surface area is 152 Å². The number of hydrogen-bond donors (Lipinski definition) is 1. The van der Waals surface area contributed by atoms with E-state index >= 15 is 0 Å². The number of carbonyl (C=O) groups excluding carboxylic acids is 3. The number of fused-ring (bicyclic) bond motifs is 3. The molecule has 0 spiro atoms. The summed E-state index contributed by atoms with van der Waals surface area (Å²) in [6.07, 6.45) is 0.374. The molecule has 3 saturated heterocycles. The minimum absolute atomic E-state index is 0.155. The van der Waals surface area contributed by atoms with Crippen LogP contribution < -0.4 is 10.2 Å². The van der Waals surface area contributed by atoms with E-state index in [1.54, 1.807) is 7.05 Å². The van der Waals surface area contributed by atoms with Crippen LogP contribution in [0.15, 0.2) is 30.3 Å². The largest absolute Gasteiger partial charge is 0.343 e. The summed E-state index contributed by atoms with van der Waals surface area (Å²) in [6.45, 7) is 2.86. The van der Waals surface area contributed by atoms with Crippen molar-refractivity contribution in [3.05, 3.63) is 30.3 Å². The van der Waals surface area contributed by atoms with E-state index in [2.05, 4.69) is 15.1 Å². The highest BCUT2D eigenvalue weighted by molar-refractivity contribution is 6.03. The van der Waals surface area contributed by atoms with Crippen molar-refractivity contribution >= 4 is 23.4 Å². The number of amides is 3. The van der Waals surface area contributed by atoms with E-state index in [4.69, 9.17) is 0 Å². The predicted molar refractivity (Wildman–Crippen MR) is 95.2 cm³/mol. The van der Waals surface area contributed by atoms with Gasteiger partial charge in [0.15, 0.2) is 0 Å². The minimum Gasteiger partial charge on any atom is -0.343 e. The van der Waals surface area contributed by atoms with Gasteiger partial charge in [0, 0.05) is 25.8 Å². The molecule has 1 aromatic carbocycles. The number of hydrogen-bond acceptors (Lipinski definition) is 6. The van der Waals surface area contributed by atoms with Gasteiger partial charge < -0.3 is 9.80 Å². The molecule has 8 heteroatoms. The highest BCUT2D eigenvalue weighted by Gasteiger charge is 2.56. The molecule has 0 radical (unpaired) electrons. The lowest BCUT2D eigenvalue weighted by molar-refractivity contribution is -0.141. The van der Waals surface area contributed by atoms with Gasteiger partial charge in [-0.05, 0) is 25.5 Å². The second kappa shape index (κ2) is 6.37. The number of Topliss-reactive ketones (excluding diaryl/α,β-unsaturated/α-hetero) is 1. The van der Waals surface area contributed by atoms with Crippen LogP contribution in [0.3, 0.4) is 0 Å². The number of likely N-dealkylation sites (N-methyl/N-ethyl adjacent to an activating group) is 1. The van der Waals surface area contributed by atoms with Gasteiger partial charge in [0.05, 0.1) is 6.54 Å². The Bertz CT molecular complexity index is 740. The summed E-state index contributed by atoms with van der Waals surface area (Å²) in [5.74, 6) is -0.496. The average Bonchev–Trinajstić information content (AvgIpc) is 3.04. The maximum absolute atomic E-state index is 13.0. The number of benzene rings is 1. The van der Waals surface area contributed by atoms with Crippen molar-refractivity contribution in [2.45, 2.75) is 31.8 Å². The minimum atomic E-state index is -0.478. The van der Waals surface area contributed by atoms with Crippen molar-refractivity contribution in [2.24, 2.45) is 0 Å². The van der Waals surface area contributed by atoms with Crippen LogP contribution in [0.5, 0.6) is 0 Å². The fourth-order valence-electron chi connectivity index (χ4n) is 4.17. The predicted octanol–water partition coefficient (Wildman–Crippen LogP) is 0.263. The third kappa shape index (κ3) is 2.57. The van der Waals surface area contributed by atoms with E-state index in [1.807, 2.05) is 30.3 Å². The highest BCUT2D eigenvalue weighted by atomic mass is 16.2. The standard InChI is InChI=1S/C18H23N5O3/c1-12(24)11-23-16(25)14-15(20(2)18(23)26)19-17-21(9-6-10-22(14)17)13-7-4-3-5-8-13/h3-5,7-8,14-15,17,19H,6,9-11H2,1-2H3. The molecule has 3 aliphatic heterocycles. The second-order valence-electron chi connectivity index (χ2n) is 7.07. The van der Waals surface area contributed by atoms with Gasteiger partial charge >= 0.3 is 6.03 Å². The number of ketones is 1. The van der Waals surface area contributed by atoms with Gasteiger partial charge in [0.1, 0.15) is 24.3 Å². The molecule has 3 aliphatic rings. The zero-order valence-electron chi connectivity index (χ0n) is 15.0. The monoisotopic (exact) mass is 357 g/mol. The molecule has 3 amide bonds. The number of carbonyl (C=O) groups is 3. The van der Waals surface area contributed by atoms with Crippen LogP contribution in [0.1, 0.15) is 13.3 Å². The summed E-state index contributed by atoms with van der Waals surface area (Å²) in [7, 11) is 1.68. The van der Waals surface area contributed by atoms with Crippen molar-refractivity contribution in [3.8, 4) is 0 Å². The number of imide groups is 1. The first kappa shape index (κ1) is 17.0. The number of anilines is 1. The van der Waals surface area contributed by atoms with Crippen LogP contribution in [-0.4, -0.2) is 77.6 Å². The average molecular weight is 357 g/mol. The van der Waals surface area contributed by atoms with Crippen molar-refractivity contribution in [2.75, 3.05) is 31.6 Å². The molecule has 3 heterocycles. The third-order valence-electron chi connectivity index (χ3n) is 5.34. The Morgan fingerprint density at radius 1 is 1.19 bits per heavy atom. The van der Waals surface area contributed by atoms with Crippen LogP contribution in [0, 0.1) is 0 Å². The molecule has 138 valence electrons. The number of para-hydroxylation sites is 1. The maximum atomic E-state index is 13.0. The lowest BCUT2D eigenvalue weighted by atomic mass is 10.1. The van der Waals surface area contributed by atoms with Crippen LogP contribution in [0.4, 0.5) is 10.5 Å². The molecule has 1 aromatic rings. The lowest BCUT2D eigenvalue weighted by Crippen LogP contribution is -2.66. The van der Waals surface area contributed by atoms with Crippen LogP contribution >= 0.6 is 0 Å². The van der Waals surface area contributed by atoms with E-state index < -0.39 is 18.2 Å². The van der Waals surface area contributed by atoms with Gasteiger partial charge in [-0.1, -0.05) is 18.2 Å². The summed E-state index contributed by atoms with van der Waals surface area (Å²) in [5.41, 5.74) is 1.08. The molecule has 0 aromatic heterocycles. The number of urea groups is 1. The van der Waals surface area contributed by atoms with Gasteiger partial charge in [-0.2, -0.15) is 0 Å². The second-order valence-corrected chi connectivity index (χ2v) is 7.07. The normalized spacial score (nSPS) is 29.0. The Balaban J connectivity index is 1.65. The molecule has 0 bridgehead atoms. The molecule has 1 N–H and O–H groups in total. The molecular formula is C18H23N5O3. The molecule has 4 rings (SSSR count). The van der Waals surface area contributed by atoms with Crippen molar-refractivity contribution in [1.82, 2.24) is 20.0 Å². The van der Waals surface area contributed by atoms with Gasteiger partial charge in [-0.15, -0.1) is 0 Å². The zero-order valence-corrected chi connectivity index (χ0v) is 15.0. The molecule has 3 unspecified atom stereocenters. The van der Waals surface area contributed by atoms with E-state index in [0.717, 1.165) is 30.1 Å². The topological polar surface area (TPSA) is 76.2 Å². The smallest absolute Gasteiger partial charge is 0.328 e. The molecule has 0 saturated carbocycles. The summed E-state index contributed by atoms with van der Waals surface area (Å²) >= 11 is 0. The summed E-state index contributed by atoms with van der Waals surface area (Å²) < 4.78 is 0. The van der Waals surface area contributed by atoms with Crippen molar-refractivity contribution < 1.29 is 14.4 Å². The first-order valence-corrected chi connectivity index (χ1v) is 8.90. The highest BCUT2D eigenvalue weighted by Crippen LogP contribution is 2.32. The fraction of sp³-hybridized carbons (Fsp3) is 0.500.